The first-order valence-corrected chi connectivity index (χ1v) is 7.96. The van der Waals surface area contributed by atoms with E-state index >= 15 is 0 Å². The van der Waals surface area contributed by atoms with E-state index in [0.29, 0.717) is 17.3 Å². The summed E-state index contributed by atoms with van der Waals surface area (Å²) >= 11 is 0. The predicted octanol–water partition coefficient (Wildman–Crippen LogP) is 2.20. The van der Waals surface area contributed by atoms with Crippen molar-refractivity contribution in [2.75, 3.05) is 31.5 Å². The second-order valence-electron chi connectivity index (χ2n) is 5.68. The van der Waals surface area contributed by atoms with Gasteiger partial charge in [0.15, 0.2) is 0 Å². The molecule has 5 heteroatoms. The summed E-state index contributed by atoms with van der Waals surface area (Å²) in [6, 6.07) is 7.60. The molecule has 1 saturated heterocycles. The van der Waals surface area contributed by atoms with Gasteiger partial charge < -0.3 is 10.2 Å². The van der Waals surface area contributed by atoms with Crippen molar-refractivity contribution in [1.82, 2.24) is 9.80 Å². The molecule has 0 saturated carbocycles. The number of hydrogen-bond acceptors (Lipinski definition) is 3. The lowest BCUT2D eigenvalue weighted by molar-refractivity contribution is -0.114. The van der Waals surface area contributed by atoms with Gasteiger partial charge in [-0.3, -0.25) is 14.5 Å². The lowest BCUT2D eigenvalue weighted by Gasteiger charge is -2.26. The van der Waals surface area contributed by atoms with Gasteiger partial charge in [0.1, 0.15) is 0 Å². The summed E-state index contributed by atoms with van der Waals surface area (Å²) in [5.41, 5.74) is 1.30. The second-order valence-corrected chi connectivity index (χ2v) is 5.68. The summed E-state index contributed by atoms with van der Waals surface area (Å²) in [6.07, 6.45) is 1.03. The van der Waals surface area contributed by atoms with Crippen molar-refractivity contribution in [2.24, 2.45) is 0 Å². The highest BCUT2D eigenvalue weighted by molar-refractivity contribution is 5.97. The average Bonchev–Trinajstić information content (AvgIpc) is 2.97. The first-order valence-electron chi connectivity index (χ1n) is 7.96. The Morgan fingerprint density at radius 2 is 2.05 bits per heavy atom. The van der Waals surface area contributed by atoms with E-state index in [9.17, 15) is 9.59 Å². The number of carbonyl (C=O) groups excluding carboxylic acids is 2. The number of nitrogens with one attached hydrogen (secondary N) is 1. The molecule has 2 amide bonds. The number of benzene rings is 1. The van der Waals surface area contributed by atoms with Crippen molar-refractivity contribution in [3.05, 3.63) is 29.8 Å². The Balaban J connectivity index is 2.05. The molecule has 5 nitrogen and oxygen atoms in total. The Morgan fingerprint density at radius 3 is 2.68 bits per heavy atom. The third kappa shape index (κ3) is 3.85. The Kier molecular flexibility index (Phi) is 5.55. The Bertz CT molecular complexity index is 540. The van der Waals surface area contributed by atoms with E-state index in [1.807, 2.05) is 4.90 Å². The number of likely N-dealkylation sites (tertiary alicyclic amines) is 1. The first-order chi connectivity index (χ1) is 10.5. The van der Waals surface area contributed by atoms with E-state index in [0.717, 1.165) is 32.6 Å². The normalized spacial score (nSPS) is 17.8. The molecule has 2 rings (SSSR count). The molecule has 1 N–H and O–H groups in total. The summed E-state index contributed by atoms with van der Waals surface area (Å²) in [7, 11) is 0. The summed E-state index contributed by atoms with van der Waals surface area (Å²) < 4.78 is 0. The number of amides is 2. The van der Waals surface area contributed by atoms with Crippen LogP contribution in [0.3, 0.4) is 0 Å². The van der Waals surface area contributed by atoms with Gasteiger partial charge in [-0.15, -0.1) is 0 Å². The monoisotopic (exact) mass is 303 g/mol. The van der Waals surface area contributed by atoms with Crippen molar-refractivity contribution < 1.29 is 9.59 Å². The molecule has 1 aromatic carbocycles. The number of rotatable bonds is 5. The molecule has 0 aromatic heterocycles. The zero-order valence-corrected chi connectivity index (χ0v) is 13.6. The lowest BCUT2D eigenvalue weighted by Crippen LogP contribution is -2.38. The molecule has 0 radical (unpaired) electrons. The highest BCUT2D eigenvalue weighted by atomic mass is 16.2. The molecule has 1 atom stereocenters. The maximum absolute atomic E-state index is 12.6. The van der Waals surface area contributed by atoms with E-state index < -0.39 is 0 Å². The summed E-state index contributed by atoms with van der Waals surface area (Å²) in [5.74, 6) is -0.0887. The minimum atomic E-state index is -0.132. The molecule has 1 aliphatic heterocycles. The van der Waals surface area contributed by atoms with Crippen LogP contribution in [0.15, 0.2) is 24.3 Å². The zero-order valence-electron chi connectivity index (χ0n) is 13.6. The van der Waals surface area contributed by atoms with Gasteiger partial charge in [0, 0.05) is 37.3 Å². The van der Waals surface area contributed by atoms with Gasteiger partial charge >= 0.3 is 0 Å². The SMILES string of the molecule is CCN(CC)C1CCN(C(=O)c2cccc(NC(C)=O)c2)C1. The van der Waals surface area contributed by atoms with Crippen LogP contribution in [0.1, 0.15) is 37.6 Å². The largest absolute Gasteiger partial charge is 0.337 e. The van der Waals surface area contributed by atoms with Gasteiger partial charge in [-0.2, -0.15) is 0 Å². The van der Waals surface area contributed by atoms with Crippen molar-refractivity contribution in [3.8, 4) is 0 Å². The third-order valence-corrected chi connectivity index (χ3v) is 4.21. The van der Waals surface area contributed by atoms with Gasteiger partial charge in [0.05, 0.1) is 0 Å². The molecular weight excluding hydrogens is 278 g/mol. The van der Waals surface area contributed by atoms with Crippen molar-refractivity contribution in [1.29, 1.82) is 0 Å². The number of hydrogen-bond donors (Lipinski definition) is 1. The predicted molar refractivity (Wildman–Crippen MR) is 88.0 cm³/mol. The maximum atomic E-state index is 12.6. The van der Waals surface area contributed by atoms with Crippen molar-refractivity contribution in [3.63, 3.8) is 0 Å². The minimum absolute atomic E-state index is 0.0434. The number of carbonyl (C=O) groups is 2. The number of likely N-dealkylation sites (N-methyl/N-ethyl adjacent to an activating group) is 1. The fourth-order valence-electron chi connectivity index (χ4n) is 3.08. The maximum Gasteiger partial charge on any atom is 0.253 e. The molecule has 0 aliphatic carbocycles. The third-order valence-electron chi connectivity index (χ3n) is 4.21. The lowest BCUT2D eigenvalue weighted by atomic mass is 10.1. The molecule has 120 valence electrons. The van der Waals surface area contributed by atoms with Crippen LogP contribution in [0, 0.1) is 0 Å². The molecule has 22 heavy (non-hydrogen) atoms. The van der Waals surface area contributed by atoms with Crippen LogP contribution >= 0.6 is 0 Å². The van der Waals surface area contributed by atoms with Crippen molar-refractivity contribution >= 4 is 17.5 Å². The molecule has 0 spiro atoms. The molecule has 1 aliphatic rings. The van der Waals surface area contributed by atoms with Gasteiger partial charge in [-0.1, -0.05) is 19.9 Å². The van der Waals surface area contributed by atoms with E-state index in [2.05, 4.69) is 24.1 Å². The molecule has 1 aromatic rings. The van der Waals surface area contributed by atoms with Gasteiger partial charge in [0.25, 0.3) is 5.91 Å². The zero-order chi connectivity index (χ0) is 16.1. The van der Waals surface area contributed by atoms with Crippen LogP contribution in [-0.4, -0.2) is 53.8 Å². The highest BCUT2D eigenvalue weighted by Crippen LogP contribution is 2.19. The van der Waals surface area contributed by atoms with Gasteiger partial charge in [-0.05, 0) is 37.7 Å². The molecular formula is C17H25N3O2. The Labute approximate surface area is 132 Å². The Hall–Kier alpha value is -1.88. The summed E-state index contributed by atoms with van der Waals surface area (Å²) in [5, 5.41) is 2.72. The molecule has 1 unspecified atom stereocenters. The Morgan fingerprint density at radius 1 is 1.32 bits per heavy atom. The van der Waals surface area contributed by atoms with E-state index in [1.54, 1.807) is 24.3 Å². The average molecular weight is 303 g/mol. The van der Waals surface area contributed by atoms with E-state index in [-0.39, 0.29) is 11.8 Å². The second kappa shape index (κ2) is 7.40. The minimum Gasteiger partial charge on any atom is -0.337 e. The van der Waals surface area contributed by atoms with Gasteiger partial charge in [-0.25, -0.2) is 0 Å². The fraction of sp³-hybridized carbons (Fsp3) is 0.529. The van der Waals surface area contributed by atoms with Gasteiger partial charge in [0.2, 0.25) is 5.91 Å². The van der Waals surface area contributed by atoms with E-state index in [1.165, 1.54) is 6.92 Å². The standard InChI is InChI=1S/C17H25N3O2/c1-4-19(5-2)16-9-10-20(12-16)17(22)14-7-6-8-15(11-14)18-13(3)21/h6-8,11,16H,4-5,9-10,12H2,1-3H3,(H,18,21). The summed E-state index contributed by atoms with van der Waals surface area (Å²) in [6.45, 7) is 9.39. The first kappa shape index (κ1) is 16.5. The van der Waals surface area contributed by atoms with Crippen LogP contribution in [0.4, 0.5) is 5.69 Å². The highest BCUT2D eigenvalue weighted by Gasteiger charge is 2.29. The van der Waals surface area contributed by atoms with Crippen LogP contribution in [0.2, 0.25) is 0 Å². The number of nitrogens with zero attached hydrogens (tertiary/aromatic N) is 2. The van der Waals surface area contributed by atoms with Crippen LogP contribution in [0.25, 0.3) is 0 Å². The summed E-state index contributed by atoms with van der Waals surface area (Å²) in [4.78, 5) is 28.1. The fourth-order valence-corrected chi connectivity index (χ4v) is 3.08. The van der Waals surface area contributed by atoms with Crippen LogP contribution in [0.5, 0.6) is 0 Å². The number of anilines is 1. The van der Waals surface area contributed by atoms with Crippen LogP contribution in [-0.2, 0) is 4.79 Å². The van der Waals surface area contributed by atoms with Crippen molar-refractivity contribution in [2.45, 2.75) is 33.2 Å². The van der Waals surface area contributed by atoms with E-state index in [4.69, 9.17) is 0 Å². The molecule has 0 bridgehead atoms. The smallest absolute Gasteiger partial charge is 0.253 e. The molecule has 1 fully saturated rings. The van der Waals surface area contributed by atoms with Crippen LogP contribution < -0.4 is 5.32 Å². The quantitative estimate of drug-likeness (QED) is 0.907. The topological polar surface area (TPSA) is 52.6 Å². The molecule has 1 heterocycles.